The molecule has 61 heavy (non-hydrogen) atoms. The molecule has 0 heterocycles. The summed E-state index contributed by atoms with van der Waals surface area (Å²) in [5.41, 5.74) is 0.0528. The highest BCUT2D eigenvalue weighted by Crippen LogP contribution is 2.19. The Labute approximate surface area is 376 Å². The fourth-order valence-electron chi connectivity index (χ4n) is 8.12. The van der Waals surface area contributed by atoms with Crippen LogP contribution in [-0.4, -0.2) is 62.8 Å². The normalized spacial score (nSPS) is 11.8. The molecule has 1 aromatic carbocycles. The Bertz CT molecular complexity index is 1170. The maximum atomic E-state index is 12.8. The van der Waals surface area contributed by atoms with Gasteiger partial charge in [0.2, 0.25) is 0 Å². The van der Waals surface area contributed by atoms with Gasteiger partial charge in [0.25, 0.3) is 17.3 Å². The fourth-order valence-corrected chi connectivity index (χ4v) is 8.12. The van der Waals surface area contributed by atoms with E-state index in [1.54, 1.807) is 7.05 Å². The van der Waals surface area contributed by atoms with Crippen LogP contribution in [0.4, 0.5) is 11.4 Å². The van der Waals surface area contributed by atoms with E-state index in [4.69, 9.17) is 9.47 Å². The number of anilines is 2. The molecular weight excluding hydrogens is 763 g/mol. The molecule has 0 saturated carbocycles. The van der Waals surface area contributed by atoms with Gasteiger partial charge in [0.15, 0.2) is 0 Å². The predicted molar refractivity (Wildman–Crippen MR) is 262 cm³/mol. The quantitative estimate of drug-likeness (QED) is 0.0286. The largest absolute Gasteiger partial charge is 0.465 e. The summed E-state index contributed by atoms with van der Waals surface area (Å²) >= 11 is 0. The molecule has 9 nitrogen and oxygen atoms in total. The second-order valence-corrected chi connectivity index (χ2v) is 17.8. The van der Waals surface area contributed by atoms with Crippen LogP contribution in [0.3, 0.4) is 0 Å². The lowest BCUT2D eigenvalue weighted by Gasteiger charge is -2.22. The molecule has 0 fully saturated rings. The first-order valence-corrected chi connectivity index (χ1v) is 26.1. The number of carbonyl (C=O) groups excluding carboxylic acids is 2. The lowest BCUT2D eigenvalue weighted by molar-refractivity contribution is -0.150. The van der Waals surface area contributed by atoms with Crippen molar-refractivity contribution in [2.24, 2.45) is 0 Å². The molecule has 1 aromatic rings. The highest BCUT2D eigenvalue weighted by molar-refractivity contribution is 5.73. The Morgan fingerprint density at radius 3 is 1.38 bits per heavy atom. The number of hydrogen-bond acceptors (Lipinski definition) is 9. The van der Waals surface area contributed by atoms with Gasteiger partial charge < -0.3 is 25.0 Å². The lowest BCUT2D eigenvalue weighted by Crippen LogP contribution is -2.37. The van der Waals surface area contributed by atoms with E-state index < -0.39 is 10.9 Å². The van der Waals surface area contributed by atoms with Gasteiger partial charge in [0.05, 0.1) is 0 Å². The Balaban J connectivity index is 0.00000258. The number of unbranched alkanes of at least 4 members (excludes halogenated alkanes) is 23. The number of carbonyl (C=O) groups is 2. The van der Waals surface area contributed by atoms with Crippen molar-refractivity contribution in [2.45, 2.75) is 265 Å². The van der Waals surface area contributed by atoms with Crippen molar-refractivity contribution in [2.75, 3.05) is 43.9 Å². The van der Waals surface area contributed by atoms with Crippen LogP contribution in [0, 0.1) is 0 Å². The van der Waals surface area contributed by atoms with Gasteiger partial charge in [-0.15, -0.1) is 0 Å². The second kappa shape index (κ2) is 44.2. The number of nitrogens with zero attached hydrogens (tertiary/aromatic N) is 1. The first-order valence-electron chi connectivity index (χ1n) is 26.1. The summed E-state index contributed by atoms with van der Waals surface area (Å²) < 4.78 is 10.9. The van der Waals surface area contributed by atoms with Gasteiger partial charge >= 0.3 is 5.97 Å². The molecule has 0 aliphatic rings. The van der Waals surface area contributed by atoms with E-state index in [0.29, 0.717) is 30.8 Å². The molecule has 0 aliphatic carbocycles. The van der Waals surface area contributed by atoms with Crippen LogP contribution in [0.5, 0.6) is 0 Å². The molecule has 0 amide bonds. The molecule has 0 bridgehead atoms. The minimum atomic E-state index is -0.415. The molecule has 9 heteroatoms. The minimum Gasteiger partial charge on any atom is -0.465 e. The van der Waals surface area contributed by atoms with Crippen molar-refractivity contribution in [3.05, 3.63) is 20.4 Å². The van der Waals surface area contributed by atoms with Crippen molar-refractivity contribution >= 4 is 23.8 Å². The van der Waals surface area contributed by atoms with Gasteiger partial charge in [0, 0.05) is 20.0 Å². The number of esters is 1. The van der Waals surface area contributed by atoms with Crippen LogP contribution in [0.2, 0.25) is 0 Å². The smallest absolute Gasteiger partial charge is 0.306 e. The maximum Gasteiger partial charge on any atom is 0.306 e. The van der Waals surface area contributed by atoms with E-state index in [0.717, 1.165) is 71.0 Å². The van der Waals surface area contributed by atoms with Gasteiger partial charge in [-0.1, -0.05) is 169 Å². The van der Waals surface area contributed by atoms with Crippen LogP contribution in [0.25, 0.3) is 0 Å². The molecule has 0 saturated heterocycles. The second-order valence-electron chi connectivity index (χ2n) is 17.8. The zero-order chi connectivity index (χ0) is 45.0. The van der Waals surface area contributed by atoms with E-state index >= 15 is 0 Å². The molecule has 1 rings (SSSR count). The van der Waals surface area contributed by atoms with Crippen LogP contribution in [-0.2, 0) is 19.1 Å². The summed E-state index contributed by atoms with van der Waals surface area (Å²) in [4.78, 5) is 48.8. The highest BCUT2D eigenvalue weighted by Gasteiger charge is 2.19. The van der Waals surface area contributed by atoms with Crippen LogP contribution >= 0.6 is 0 Å². The van der Waals surface area contributed by atoms with E-state index in [1.165, 1.54) is 161 Å². The first kappa shape index (κ1) is 58.6. The Hall–Kier alpha value is -2.42. The standard InChI is InChI=1S/C42H79N3O4.C10H20O2/c1-5-8-11-14-18-23-30-37(31-24-19-15-12-9-6-2)49-38(46)32-25-20-17-22-28-35-45(34-27-21-16-13-10-7-3)36-29-26-33-44-40-39(43-4)41(47)42(40)48;1-3-5-6-7-8-10(4-2)12-9-11/h37,43-44H,5-36H2,1-4H3;9-10H,3-8H2,1-2H3. The van der Waals surface area contributed by atoms with Gasteiger partial charge in [-0.2, -0.15) is 0 Å². The Morgan fingerprint density at radius 2 is 0.918 bits per heavy atom. The maximum absolute atomic E-state index is 12.8. The zero-order valence-corrected chi connectivity index (χ0v) is 41.0. The molecule has 0 radical (unpaired) electrons. The van der Waals surface area contributed by atoms with Crippen molar-refractivity contribution < 1.29 is 19.1 Å². The molecule has 0 aromatic heterocycles. The van der Waals surface area contributed by atoms with Gasteiger partial charge in [-0.05, 0) is 96.7 Å². The summed E-state index contributed by atoms with van der Waals surface area (Å²) in [6, 6.07) is 0. The third-order valence-electron chi connectivity index (χ3n) is 12.2. The average molecular weight is 862 g/mol. The van der Waals surface area contributed by atoms with Crippen LogP contribution in [0.1, 0.15) is 253 Å². The monoisotopic (exact) mass is 862 g/mol. The Morgan fingerprint density at radius 1 is 0.525 bits per heavy atom. The summed E-state index contributed by atoms with van der Waals surface area (Å²) in [5.74, 6) is 0.0216. The summed E-state index contributed by atoms with van der Waals surface area (Å²) in [6.45, 7) is 15.7. The van der Waals surface area contributed by atoms with E-state index in [-0.39, 0.29) is 18.2 Å². The molecule has 1 unspecified atom stereocenters. The summed E-state index contributed by atoms with van der Waals surface area (Å²) in [7, 11) is 1.68. The lowest BCUT2D eigenvalue weighted by atomic mass is 10.0. The predicted octanol–water partition coefficient (Wildman–Crippen LogP) is 13.8. The fraction of sp³-hybridized carbons (Fsp3) is 0.885. The van der Waals surface area contributed by atoms with Crippen LogP contribution in [0.15, 0.2) is 9.59 Å². The summed E-state index contributed by atoms with van der Waals surface area (Å²) in [5, 5.41) is 5.99. The van der Waals surface area contributed by atoms with Crippen LogP contribution < -0.4 is 21.5 Å². The number of ether oxygens (including phenoxy) is 2. The number of hydrogen-bond donors (Lipinski definition) is 2. The van der Waals surface area contributed by atoms with Crippen molar-refractivity contribution in [1.82, 2.24) is 4.90 Å². The third-order valence-corrected chi connectivity index (χ3v) is 12.2. The van der Waals surface area contributed by atoms with E-state index in [2.05, 4.69) is 43.2 Å². The zero-order valence-electron chi connectivity index (χ0n) is 41.0. The van der Waals surface area contributed by atoms with Crippen molar-refractivity contribution in [3.63, 3.8) is 0 Å². The summed E-state index contributed by atoms with van der Waals surface area (Å²) in [6.07, 6.45) is 40.8. The number of nitrogens with one attached hydrogen (secondary N) is 2. The molecule has 358 valence electrons. The molecular formula is C52H99N3O6. The van der Waals surface area contributed by atoms with E-state index in [9.17, 15) is 19.2 Å². The van der Waals surface area contributed by atoms with Gasteiger partial charge in [0.1, 0.15) is 23.6 Å². The highest BCUT2D eigenvalue weighted by atomic mass is 16.5. The molecule has 0 spiro atoms. The van der Waals surface area contributed by atoms with Gasteiger partial charge in [-0.25, -0.2) is 0 Å². The first-order chi connectivity index (χ1) is 29.8. The topological polar surface area (TPSA) is 114 Å². The third kappa shape index (κ3) is 33.8. The average Bonchev–Trinajstić information content (AvgIpc) is 3.26. The minimum absolute atomic E-state index is 0.0216. The molecule has 0 aliphatic heterocycles. The van der Waals surface area contributed by atoms with Crippen molar-refractivity contribution in [3.8, 4) is 0 Å². The molecule has 1 atom stereocenters. The number of rotatable bonds is 45. The Kier molecular flexibility index (Phi) is 42.4. The van der Waals surface area contributed by atoms with E-state index in [1.807, 2.05) is 6.92 Å². The van der Waals surface area contributed by atoms with Crippen molar-refractivity contribution in [1.29, 1.82) is 0 Å². The molecule has 2 N–H and O–H groups in total. The SMILES string of the molecule is CCCCCCC(CC)OC=O.CCCCCCCCC(CCCCCCCC)OC(=O)CCCCCCCN(CCCCCCCC)CCCCNc1c(NC)c(=O)c1=O. The van der Waals surface area contributed by atoms with Gasteiger partial charge in [-0.3, -0.25) is 19.2 Å².